The molecule has 1 amide bonds. The van der Waals surface area contributed by atoms with Crippen LogP contribution in [0.1, 0.15) is 5.76 Å². The van der Waals surface area contributed by atoms with E-state index in [1.165, 1.54) is 16.8 Å². The van der Waals surface area contributed by atoms with Crippen LogP contribution in [0.2, 0.25) is 0 Å². The van der Waals surface area contributed by atoms with Crippen molar-refractivity contribution in [3.63, 3.8) is 0 Å². The normalized spacial score (nSPS) is 10.7. The molecule has 23 heavy (non-hydrogen) atoms. The van der Waals surface area contributed by atoms with E-state index in [1.807, 2.05) is 0 Å². The number of carbonyl (C=O) groups excluding carboxylic acids is 1. The number of nitrogens with one attached hydrogen (secondary N) is 1. The van der Waals surface area contributed by atoms with Crippen LogP contribution in [0.3, 0.4) is 0 Å². The first-order valence-electron chi connectivity index (χ1n) is 6.52. The Morgan fingerprint density at radius 1 is 1.39 bits per heavy atom. The van der Waals surface area contributed by atoms with Crippen molar-refractivity contribution in [1.82, 2.24) is 25.4 Å². The molecule has 8 nitrogen and oxygen atoms in total. The molecule has 3 aromatic rings. The predicted octanol–water partition coefficient (Wildman–Crippen LogP) is 1.83. The van der Waals surface area contributed by atoms with Gasteiger partial charge in [0.2, 0.25) is 11.1 Å². The molecule has 2 aromatic heterocycles. The summed E-state index contributed by atoms with van der Waals surface area (Å²) in [5.74, 6) is 0.433. The number of amides is 1. The van der Waals surface area contributed by atoms with Gasteiger partial charge < -0.3 is 9.84 Å². The third kappa shape index (κ3) is 3.72. The van der Waals surface area contributed by atoms with Gasteiger partial charge >= 0.3 is 0 Å². The standard InChI is InChI=1S/C13H11FN6O2S/c1-8-6-11(17-22-8)15-12(21)7-23-13-16-18-19-20(13)10-4-2-9(14)3-5-10/h2-6H,7H2,1H3,(H,15,17,21). The quantitative estimate of drug-likeness (QED) is 0.711. The maximum atomic E-state index is 13.0. The van der Waals surface area contributed by atoms with Crippen LogP contribution in [-0.4, -0.2) is 37.0 Å². The van der Waals surface area contributed by atoms with Crippen LogP contribution in [0.4, 0.5) is 10.2 Å². The average molecular weight is 334 g/mol. The number of nitrogens with zero attached hydrogens (tertiary/aromatic N) is 5. The van der Waals surface area contributed by atoms with E-state index in [1.54, 1.807) is 25.1 Å². The highest BCUT2D eigenvalue weighted by Crippen LogP contribution is 2.18. The lowest BCUT2D eigenvalue weighted by atomic mass is 10.3. The molecular formula is C13H11FN6O2S. The van der Waals surface area contributed by atoms with E-state index in [2.05, 4.69) is 26.0 Å². The number of thioether (sulfide) groups is 1. The van der Waals surface area contributed by atoms with Gasteiger partial charge in [-0.1, -0.05) is 16.9 Å². The molecule has 0 aliphatic heterocycles. The van der Waals surface area contributed by atoms with E-state index < -0.39 is 0 Å². The minimum Gasteiger partial charge on any atom is -0.360 e. The SMILES string of the molecule is Cc1cc(NC(=O)CSc2nnnn2-c2ccc(F)cc2)no1. The molecule has 0 saturated carbocycles. The maximum absolute atomic E-state index is 13.0. The summed E-state index contributed by atoms with van der Waals surface area (Å²) in [6, 6.07) is 7.34. The van der Waals surface area contributed by atoms with Gasteiger partial charge in [0.1, 0.15) is 11.6 Å². The molecule has 1 N–H and O–H groups in total. The molecule has 0 radical (unpaired) electrons. The number of rotatable bonds is 5. The van der Waals surface area contributed by atoms with E-state index in [0.29, 0.717) is 22.4 Å². The molecule has 118 valence electrons. The molecule has 0 atom stereocenters. The molecule has 0 aliphatic carbocycles. The molecule has 1 aromatic carbocycles. The van der Waals surface area contributed by atoms with E-state index in [4.69, 9.17) is 4.52 Å². The number of carbonyl (C=O) groups is 1. The molecule has 0 aliphatic rings. The summed E-state index contributed by atoms with van der Waals surface area (Å²) < 4.78 is 19.3. The van der Waals surface area contributed by atoms with Gasteiger partial charge in [0, 0.05) is 6.07 Å². The van der Waals surface area contributed by atoms with Crippen molar-refractivity contribution in [3.8, 4) is 5.69 Å². The van der Waals surface area contributed by atoms with E-state index in [0.717, 1.165) is 11.8 Å². The van der Waals surface area contributed by atoms with Crippen molar-refractivity contribution in [2.45, 2.75) is 12.1 Å². The predicted molar refractivity (Wildman–Crippen MR) is 79.7 cm³/mol. The van der Waals surface area contributed by atoms with Gasteiger partial charge in [-0.25, -0.2) is 4.39 Å². The smallest absolute Gasteiger partial charge is 0.236 e. The number of aromatic nitrogens is 5. The largest absolute Gasteiger partial charge is 0.360 e. The number of tetrazole rings is 1. The summed E-state index contributed by atoms with van der Waals surface area (Å²) in [6.45, 7) is 1.73. The van der Waals surface area contributed by atoms with Gasteiger partial charge in [-0.3, -0.25) is 4.79 Å². The van der Waals surface area contributed by atoms with E-state index >= 15 is 0 Å². The lowest BCUT2D eigenvalue weighted by Gasteiger charge is -2.04. The Morgan fingerprint density at radius 2 is 2.17 bits per heavy atom. The zero-order valence-corrected chi connectivity index (χ0v) is 12.7. The summed E-state index contributed by atoms with van der Waals surface area (Å²) in [7, 11) is 0. The Bertz CT molecular complexity index is 816. The zero-order valence-electron chi connectivity index (χ0n) is 11.9. The highest BCUT2D eigenvalue weighted by molar-refractivity contribution is 7.99. The molecule has 0 saturated heterocycles. The number of hydrogen-bond donors (Lipinski definition) is 1. The van der Waals surface area contributed by atoms with Crippen LogP contribution < -0.4 is 5.32 Å². The van der Waals surface area contributed by atoms with Crippen molar-refractivity contribution in [2.24, 2.45) is 0 Å². The minimum atomic E-state index is -0.349. The zero-order chi connectivity index (χ0) is 16.2. The van der Waals surface area contributed by atoms with Gasteiger partial charge in [-0.05, 0) is 41.6 Å². The van der Waals surface area contributed by atoms with Crippen LogP contribution in [0.25, 0.3) is 5.69 Å². The number of aryl methyl sites for hydroxylation is 1. The molecule has 0 fully saturated rings. The second kappa shape index (κ2) is 6.57. The van der Waals surface area contributed by atoms with Crippen LogP contribution >= 0.6 is 11.8 Å². The van der Waals surface area contributed by atoms with Crippen molar-refractivity contribution in [1.29, 1.82) is 0 Å². The van der Waals surface area contributed by atoms with Gasteiger partial charge in [-0.15, -0.1) is 5.10 Å². The monoisotopic (exact) mass is 334 g/mol. The van der Waals surface area contributed by atoms with Crippen LogP contribution in [-0.2, 0) is 4.79 Å². The van der Waals surface area contributed by atoms with Crippen LogP contribution in [0, 0.1) is 12.7 Å². The van der Waals surface area contributed by atoms with Gasteiger partial charge in [-0.2, -0.15) is 4.68 Å². The lowest BCUT2D eigenvalue weighted by molar-refractivity contribution is -0.113. The Balaban J connectivity index is 1.64. The van der Waals surface area contributed by atoms with Crippen molar-refractivity contribution >= 4 is 23.5 Å². The molecule has 2 heterocycles. The Hall–Kier alpha value is -2.75. The third-order valence-corrected chi connectivity index (χ3v) is 3.66. The summed E-state index contributed by atoms with van der Waals surface area (Å²) in [4.78, 5) is 11.9. The number of halogens is 1. The first-order chi connectivity index (χ1) is 11.1. The number of anilines is 1. The first-order valence-corrected chi connectivity index (χ1v) is 7.50. The van der Waals surface area contributed by atoms with E-state index in [-0.39, 0.29) is 17.5 Å². The summed E-state index contributed by atoms with van der Waals surface area (Å²) >= 11 is 1.15. The molecule has 10 heteroatoms. The number of hydrogen-bond acceptors (Lipinski definition) is 7. The summed E-state index contributed by atoms with van der Waals surface area (Å²) in [6.07, 6.45) is 0. The first kappa shape index (κ1) is 15.2. The molecule has 0 spiro atoms. The van der Waals surface area contributed by atoms with Crippen LogP contribution in [0.5, 0.6) is 0 Å². The topological polar surface area (TPSA) is 98.7 Å². The minimum absolute atomic E-state index is 0.0907. The fourth-order valence-corrected chi connectivity index (χ4v) is 2.44. The highest BCUT2D eigenvalue weighted by Gasteiger charge is 2.12. The lowest BCUT2D eigenvalue weighted by Crippen LogP contribution is -2.14. The third-order valence-electron chi connectivity index (χ3n) is 2.74. The molecule has 0 bridgehead atoms. The van der Waals surface area contributed by atoms with Crippen molar-refractivity contribution in [2.75, 3.05) is 11.1 Å². The van der Waals surface area contributed by atoms with Crippen LogP contribution in [0.15, 0.2) is 40.0 Å². The maximum Gasteiger partial charge on any atom is 0.236 e. The fourth-order valence-electron chi connectivity index (χ4n) is 1.75. The molecule has 3 rings (SSSR count). The summed E-state index contributed by atoms with van der Waals surface area (Å²) in [5.41, 5.74) is 0.603. The Kier molecular flexibility index (Phi) is 4.33. The van der Waals surface area contributed by atoms with E-state index in [9.17, 15) is 9.18 Å². The second-order valence-electron chi connectivity index (χ2n) is 4.51. The highest BCUT2D eigenvalue weighted by atomic mass is 32.2. The molecular weight excluding hydrogens is 323 g/mol. The Morgan fingerprint density at radius 3 is 2.87 bits per heavy atom. The Labute approximate surface area is 134 Å². The van der Waals surface area contributed by atoms with Gasteiger partial charge in [0.15, 0.2) is 5.82 Å². The number of benzene rings is 1. The second-order valence-corrected chi connectivity index (χ2v) is 5.45. The summed E-state index contributed by atoms with van der Waals surface area (Å²) in [5, 5.41) is 18.0. The molecule has 0 unspecified atom stereocenters. The fraction of sp³-hybridized carbons (Fsp3) is 0.154. The van der Waals surface area contributed by atoms with Crippen molar-refractivity contribution < 1.29 is 13.7 Å². The van der Waals surface area contributed by atoms with Crippen molar-refractivity contribution in [3.05, 3.63) is 41.9 Å². The van der Waals surface area contributed by atoms with Gasteiger partial charge in [0.25, 0.3) is 0 Å². The van der Waals surface area contributed by atoms with Gasteiger partial charge in [0.05, 0.1) is 11.4 Å². The average Bonchev–Trinajstić information content (AvgIpc) is 3.15.